The Bertz CT molecular complexity index is 242. The lowest BCUT2D eigenvalue weighted by molar-refractivity contribution is 0.564. The highest BCUT2D eigenvalue weighted by molar-refractivity contribution is 7.90. The molecule has 0 radical (unpaired) electrons. The van der Waals surface area contributed by atoms with E-state index in [1.54, 1.807) is 13.8 Å². The summed E-state index contributed by atoms with van der Waals surface area (Å²) in [6, 6.07) is 0. The average molecular weight is 205 g/mol. The highest BCUT2D eigenvalue weighted by Gasteiger charge is 2.21. The molecule has 0 heterocycles. The molecule has 1 aliphatic carbocycles. The Morgan fingerprint density at radius 2 is 2.00 bits per heavy atom. The molecule has 4 heteroatoms. The summed E-state index contributed by atoms with van der Waals surface area (Å²) >= 11 is 0. The fourth-order valence-electron chi connectivity index (χ4n) is 1.18. The Kier molecular flexibility index (Phi) is 3.74. The zero-order valence-corrected chi connectivity index (χ0v) is 9.23. The lowest BCUT2D eigenvalue weighted by Crippen LogP contribution is -2.31. The van der Waals surface area contributed by atoms with E-state index in [2.05, 4.69) is 4.72 Å². The fraction of sp³-hybridized carbons (Fsp3) is 1.00. The van der Waals surface area contributed by atoms with Crippen molar-refractivity contribution in [3.05, 3.63) is 0 Å². The van der Waals surface area contributed by atoms with Crippen LogP contribution >= 0.6 is 0 Å². The fourth-order valence-corrected chi connectivity index (χ4v) is 1.94. The van der Waals surface area contributed by atoms with E-state index in [0.717, 1.165) is 12.3 Å². The first-order chi connectivity index (χ1) is 6.02. The van der Waals surface area contributed by atoms with E-state index in [1.165, 1.54) is 19.3 Å². The highest BCUT2D eigenvalue weighted by Crippen LogP contribution is 2.33. The van der Waals surface area contributed by atoms with Crippen LogP contribution in [-0.2, 0) is 10.0 Å². The molecule has 0 aliphatic heterocycles. The van der Waals surface area contributed by atoms with Gasteiger partial charge in [0, 0.05) is 6.54 Å². The molecule has 1 aliphatic rings. The van der Waals surface area contributed by atoms with Crippen molar-refractivity contribution < 1.29 is 8.42 Å². The molecule has 1 rings (SSSR count). The van der Waals surface area contributed by atoms with E-state index in [-0.39, 0.29) is 5.25 Å². The molecular formula is C9H19NO2S. The minimum atomic E-state index is -3.03. The summed E-state index contributed by atoms with van der Waals surface area (Å²) in [5, 5.41) is -0.312. The van der Waals surface area contributed by atoms with E-state index in [4.69, 9.17) is 0 Å². The minimum Gasteiger partial charge on any atom is -0.215 e. The van der Waals surface area contributed by atoms with Gasteiger partial charge in [0.05, 0.1) is 5.25 Å². The molecule has 0 bridgehead atoms. The molecule has 3 nitrogen and oxygen atoms in total. The second-order valence-electron chi connectivity index (χ2n) is 4.07. The van der Waals surface area contributed by atoms with Crippen molar-refractivity contribution in [2.75, 3.05) is 6.54 Å². The Balaban J connectivity index is 2.09. The van der Waals surface area contributed by atoms with E-state index >= 15 is 0 Å². The van der Waals surface area contributed by atoms with E-state index in [1.807, 2.05) is 0 Å². The van der Waals surface area contributed by atoms with E-state index in [9.17, 15) is 8.42 Å². The van der Waals surface area contributed by atoms with Crippen LogP contribution in [0, 0.1) is 5.92 Å². The Morgan fingerprint density at radius 3 is 2.46 bits per heavy atom. The quantitative estimate of drug-likeness (QED) is 0.668. The van der Waals surface area contributed by atoms with Crippen LogP contribution in [0.2, 0.25) is 0 Å². The van der Waals surface area contributed by atoms with Crippen LogP contribution in [0.25, 0.3) is 0 Å². The molecule has 0 aromatic carbocycles. The predicted octanol–water partition coefficient (Wildman–Crippen LogP) is 1.50. The summed E-state index contributed by atoms with van der Waals surface area (Å²) in [6.45, 7) is 4.00. The first-order valence-corrected chi connectivity index (χ1v) is 6.55. The maximum Gasteiger partial charge on any atom is 0.213 e. The van der Waals surface area contributed by atoms with Crippen LogP contribution in [0.4, 0.5) is 0 Å². The van der Waals surface area contributed by atoms with Gasteiger partial charge in [-0.1, -0.05) is 12.8 Å². The third-order valence-electron chi connectivity index (χ3n) is 2.41. The molecule has 1 N–H and O–H groups in total. The Morgan fingerprint density at radius 1 is 1.38 bits per heavy atom. The summed E-state index contributed by atoms with van der Waals surface area (Å²) in [7, 11) is -3.03. The van der Waals surface area contributed by atoms with E-state index in [0.29, 0.717) is 6.54 Å². The third-order valence-corrected chi connectivity index (χ3v) is 4.26. The van der Waals surface area contributed by atoms with Gasteiger partial charge in [0.25, 0.3) is 0 Å². The number of rotatable bonds is 6. The second-order valence-corrected chi connectivity index (χ2v) is 6.40. The van der Waals surface area contributed by atoms with E-state index < -0.39 is 10.0 Å². The normalized spacial score (nSPS) is 18.1. The van der Waals surface area contributed by atoms with Crippen molar-refractivity contribution in [1.29, 1.82) is 0 Å². The van der Waals surface area contributed by atoms with Crippen molar-refractivity contribution in [3.63, 3.8) is 0 Å². The van der Waals surface area contributed by atoms with Crippen LogP contribution in [0.3, 0.4) is 0 Å². The summed E-state index contributed by atoms with van der Waals surface area (Å²) < 4.78 is 25.2. The summed E-state index contributed by atoms with van der Waals surface area (Å²) in [6.07, 6.45) is 4.85. The van der Waals surface area contributed by atoms with Crippen molar-refractivity contribution in [2.45, 2.75) is 44.8 Å². The number of nitrogens with one attached hydrogen (secondary N) is 1. The van der Waals surface area contributed by atoms with Crippen LogP contribution < -0.4 is 4.72 Å². The number of sulfonamides is 1. The first kappa shape index (κ1) is 11.0. The van der Waals surface area contributed by atoms with Gasteiger partial charge in [0.1, 0.15) is 0 Å². The number of hydrogen-bond acceptors (Lipinski definition) is 2. The van der Waals surface area contributed by atoms with Crippen LogP contribution in [0.5, 0.6) is 0 Å². The maximum absolute atomic E-state index is 11.3. The molecule has 13 heavy (non-hydrogen) atoms. The van der Waals surface area contributed by atoms with Crippen molar-refractivity contribution in [3.8, 4) is 0 Å². The van der Waals surface area contributed by atoms with Gasteiger partial charge in [-0.15, -0.1) is 0 Å². The lowest BCUT2D eigenvalue weighted by atomic mass is 10.2. The third kappa shape index (κ3) is 4.09. The lowest BCUT2D eigenvalue weighted by Gasteiger charge is -2.08. The van der Waals surface area contributed by atoms with Gasteiger partial charge in [-0.3, -0.25) is 0 Å². The zero-order valence-electron chi connectivity index (χ0n) is 8.41. The topological polar surface area (TPSA) is 46.2 Å². The van der Waals surface area contributed by atoms with Gasteiger partial charge < -0.3 is 0 Å². The van der Waals surface area contributed by atoms with Crippen molar-refractivity contribution >= 4 is 10.0 Å². The van der Waals surface area contributed by atoms with Gasteiger partial charge >= 0.3 is 0 Å². The molecule has 0 aromatic rings. The average Bonchev–Trinajstić information content (AvgIpc) is 2.81. The van der Waals surface area contributed by atoms with Crippen molar-refractivity contribution in [2.24, 2.45) is 5.92 Å². The molecule has 0 amide bonds. The van der Waals surface area contributed by atoms with Gasteiger partial charge in [-0.05, 0) is 32.6 Å². The van der Waals surface area contributed by atoms with Gasteiger partial charge in [0.15, 0.2) is 0 Å². The van der Waals surface area contributed by atoms with Gasteiger partial charge in [-0.2, -0.15) is 0 Å². The molecule has 0 atom stereocenters. The monoisotopic (exact) mass is 205 g/mol. The molecular weight excluding hydrogens is 186 g/mol. The summed E-state index contributed by atoms with van der Waals surface area (Å²) in [5.41, 5.74) is 0. The highest BCUT2D eigenvalue weighted by atomic mass is 32.2. The minimum absolute atomic E-state index is 0.312. The molecule has 0 saturated heterocycles. The second kappa shape index (κ2) is 4.42. The summed E-state index contributed by atoms with van der Waals surface area (Å²) in [5.74, 6) is 0.892. The smallest absolute Gasteiger partial charge is 0.213 e. The SMILES string of the molecule is CC(C)S(=O)(=O)NCCCC1CC1. The van der Waals surface area contributed by atoms with Gasteiger partial charge in [-0.25, -0.2) is 13.1 Å². The number of hydrogen-bond donors (Lipinski definition) is 1. The Hall–Kier alpha value is -0.0900. The first-order valence-electron chi connectivity index (χ1n) is 5.01. The Labute approximate surface area is 81.0 Å². The standard InChI is InChI=1S/C9H19NO2S/c1-8(2)13(11,12)10-7-3-4-9-5-6-9/h8-10H,3-7H2,1-2H3. The van der Waals surface area contributed by atoms with Crippen molar-refractivity contribution in [1.82, 2.24) is 4.72 Å². The molecule has 1 fully saturated rings. The zero-order chi connectivity index (χ0) is 9.90. The largest absolute Gasteiger partial charge is 0.215 e. The predicted molar refractivity (Wildman–Crippen MR) is 54.0 cm³/mol. The molecule has 78 valence electrons. The van der Waals surface area contributed by atoms with Crippen LogP contribution in [0.1, 0.15) is 39.5 Å². The molecule has 0 unspecified atom stereocenters. The van der Waals surface area contributed by atoms with Crippen LogP contribution in [0.15, 0.2) is 0 Å². The van der Waals surface area contributed by atoms with Crippen LogP contribution in [-0.4, -0.2) is 20.2 Å². The maximum atomic E-state index is 11.3. The molecule has 1 saturated carbocycles. The summed E-state index contributed by atoms with van der Waals surface area (Å²) in [4.78, 5) is 0. The molecule has 0 spiro atoms. The van der Waals surface area contributed by atoms with Gasteiger partial charge in [0.2, 0.25) is 10.0 Å². The molecule has 0 aromatic heterocycles.